The van der Waals surface area contributed by atoms with E-state index in [1.807, 2.05) is 37.3 Å². The highest BCUT2D eigenvalue weighted by Gasteiger charge is 2.36. The van der Waals surface area contributed by atoms with E-state index in [4.69, 9.17) is 19.0 Å². The van der Waals surface area contributed by atoms with E-state index >= 15 is 0 Å². The largest absolute Gasteiger partial charge is 0.455 e. The second kappa shape index (κ2) is 7.75. The minimum atomic E-state index is -0.302. The lowest BCUT2D eigenvalue weighted by Crippen LogP contribution is -2.27. The number of benzene rings is 2. The van der Waals surface area contributed by atoms with Crippen LogP contribution in [-0.4, -0.2) is 18.4 Å². The van der Waals surface area contributed by atoms with Crippen LogP contribution in [-0.2, 0) is 6.42 Å². The molecule has 1 aromatic heterocycles. The van der Waals surface area contributed by atoms with Crippen LogP contribution in [0.3, 0.4) is 0 Å². The minimum Gasteiger partial charge on any atom is -0.455 e. The van der Waals surface area contributed by atoms with Gasteiger partial charge in [0.2, 0.25) is 6.79 Å². The number of furan rings is 1. The van der Waals surface area contributed by atoms with E-state index in [-0.39, 0.29) is 18.1 Å². The number of carbonyl (C=O) groups is 1. The second-order valence-electron chi connectivity index (χ2n) is 8.93. The van der Waals surface area contributed by atoms with Gasteiger partial charge >= 0.3 is 0 Å². The molecular formula is C25H25N3O4. The Morgan fingerprint density at radius 3 is 2.59 bits per heavy atom. The Kier molecular flexibility index (Phi) is 4.89. The Morgan fingerprint density at radius 2 is 1.78 bits per heavy atom. The fourth-order valence-electron chi connectivity index (χ4n) is 4.23. The zero-order valence-electron chi connectivity index (χ0n) is 18.3. The number of nitrogens with one attached hydrogen (secondary N) is 2. The lowest BCUT2D eigenvalue weighted by Gasteiger charge is -2.29. The third-order valence-electron chi connectivity index (χ3n) is 5.72. The maximum atomic E-state index is 13.1. The maximum Gasteiger partial charge on any atom is 0.291 e. The minimum absolute atomic E-state index is 0.0282. The van der Waals surface area contributed by atoms with Gasteiger partial charge in [-0.1, -0.05) is 32.0 Å². The third-order valence-corrected chi connectivity index (χ3v) is 5.72. The zero-order chi connectivity index (χ0) is 22.3. The van der Waals surface area contributed by atoms with Crippen molar-refractivity contribution in [3.05, 3.63) is 71.2 Å². The number of carbonyl (C=O) groups excluding carboxylic acids is 1. The van der Waals surface area contributed by atoms with Crippen LogP contribution in [0.1, 0.15) is 47.7 Å². The molecule has 0 saturated heterocycles. The Morgan fingerprint density at radius 1 is 1.00 bits per heavy atom. The summed E-state index contributed by atoms with van der Waals surface area (Å²) in [6.07, 6.45) is 1.52. The average Bonchev–Trinajstić information content (AvgIpc) is 3.36. The van der Waals surface area contributed by atoms with Crippen LogP contribution in [0.15, 0.2) is 58.0 Å². The van der Waals surface area contributed by atoms with Gasteiger partial charge < -0.3 is 19.2 Å². The molecular weight excluding hydrogens is 406 g/mol. The zero-order valence-corrected chi connectivity index (χ0v) is 18.3. The number of hydrazone groups is 1. The SMILES string of the molecule is Cc1c(C(=O)Nc2ccc3c(c2)OCO3)oc2c1/C(=N\Nc1ccccc1)CC(C)(C)C2. The highest BCUT2D eigenvalue weighted by molar-refractivity contribution is 6.09. The summed E-state index contributed by atoms with van der Waals surface area (Å²) in [5, 5.41) is 7.60. The van der Waals surface area contributed by atoms with Gasteiger partial charge in [-0.2, -0.15) is 5.10 Å². The molecule has 7 heteroatoms. The molecule has 0 radical (unpaired) electrons. The van der Waals surface area contributed by atoms with Crippen molar-refractivity contribution in [2.45, 2.75) is 33.6 Å². The highest BCUT2D eigenvalue weighted by Crippen LogP contribution is 2.39. The van der Waals surface area contributed by atoms with Crippen molar-refractivity contribution in [1.82, 2.24) is 0 Å². The van der Waals surface area contributed by atoms with Crippen LogP contribution in [0.5, 0.6) is 11.5 Å². The van der Waals surface area contributed by atoms with Crippen molar-refractivity contribution >= 4 is 23.0 Å². The lowest BCUT2D eigenvalue weighted by molar-refractivity contribution is 0.0993. The smallest absolute Gasteiger partial charge is 0.291 e. The molecule has 3 aromatic rings. The molecule has 2 aliphatic rings. The van der Waals surface area contributed by atoms with E-state index in [0.29, 0.717) is 22.9 Å². The Balaban J connectivity index is 1.44. The average molecular weight is 431 g/mol. The van der Waals surface area contributed by atoms with Gasteiger partial charge in [0.15, 0.2) is 17.3 Å². The van der Waals surface area contributed by atoms with E-state index in [1.165, 1.54) is 0 Å². The molecule has 7 nitrogen and oxygen atoms in total. The number of ether oxygens (including phenoxy) is 2. The van der Waals surface area contributed by atoms with Crippen molar-refractivity contribution in [1.29, 1.82) is 0 Å². The van der Waals surface area contributed by atoms with E-state index < -0.39 is 0 Å². The van der Waals surface area contributed by atoms with Crippen molar-refractivity contribution in [2.24, 2.45) is 10.5 Å². The van der Waals surface area contributed by atoms with E-state index in [0.717, 1.165) is 41.1 Å². The standard InChI is InChI=1S/C25H25N3O4/c1-15-22-18(28-27-16-7-5-4-6-8-16)12-25(2,3)13-21(22)32-23(15)24(29)26-17-9-10-19-20(11-17)31-14-30-19/h4-11,27H,12-14H2,1-3H3,(H,26,29)/b28-18-. The summed E-state index contributed by atoms with van der Waals surface area (Å²) < 4.78 is 16.8. The van der Waals surface area contributed by atoms with Gasteiger partial charge in [-0.25, -0.2) is 0 Å². The van der Waals surface area contributed by atoms with Crippen molar-refractivity contribution < 1.29 is 18.7 Å². The number of fused-ring (bicyclic) bond motifs is 2. The maximum absolute atomic E-state index is 13.1. The van der Waals surface area contributed by atoms with Crippen LogP contribution in [0.2, 0.25) is 0 Å². The lowest BCUT2D eigenvalue weighted by atomic mass is 9.75. The topological polar surface area (TPSA) is 85.1 Å². The number of anilines is 2. The number of hydrogen-bond acceptors (Lipinski definition) is 6. The molecule has 0 fully saturated rings. The molecule has 0 atom stereocenters. The van der Waals surface area contributed by atoms with E-state index in [9.17, 15) is 4.79 Å². The highest BCUT2D eigenvalue weighted by atomic mass is 16.7. The summed E-state index contributed by atoms with van der Waals surface area (Å²) in [4.78, 5) is 13.1. The normalized spacial score (nSPS) is 17.2. The first-order valence-electron chi connectivity index (χ1n) is 10.6. The molecule has 2 aromatic carbocycles. The summed E-state index contributed by atoms with van der Waals surface area (Å²) in [7, 11) is 0. The number of rotatable bonds is 4. The van der Waals surface area contributed by atoms with Crippen LogP contribution >= 0.6 is 0 Å². The molecule has 164 valence electrons. The van der Waals surface area contributed by atoms with Crippen molar-refractivity contribution in [2.75, 3.05) is 17.5 Å². The van der Waals surface area contributed by atoms with E-state index in [1.54, 1.807) is 18.2 Å². The quantitative estimate of drug-likeness (QED) is 0.544. The number of nitrogens with zero attached hydrogens (tertiary/aromatic N) is 1. The van der Waals surface area contributed by atoms with Gasteiger partial charge in [-0.05, 0) is 43.0 Å². The number of hydrogen-bond donors (Lipinski definition) is 2. The molecule has 0 unspecified atom stereocenters. The molecule has 2 heterocycles. The molecule has 0 saturated carbocycles. The van der Waals surface area contributed by atoms with Gasteiger partial charge in [0, 0.05) is 29.3 Å². The van der Waals surface area contributed by atoms with Gasteiger partial charge in [0.25, 0.3) is 5.91 Å². The molecule has 0 spiro atoms. The molecule has 0 bridgehead atoms. The predicted octanol–water partition coefficient (Wildman–Crippen LogP) is 5.36. The fourth-order valence-corrected chi connectivity index (χ4v) is 4.23. The van der Waals surface area contributed by atoms with Crippen LogP contribution in [0, 0.1) is 12.3 Å². The molecule has 1 amide bonds. The third kappa shape index (κ3) is 3.82. The Labute approximate surface area is 186 Å². The molecule has 32 heavy (non-hydrogen) atoms. The number of amides is 1. The molecule has 5 rings (SSSR count). The monoisotopic (exact) mass is 431 g/mol. The molecule has 1 aliphatic heterocycles. The first-order chi connectivity index (χ1) is 15.4. The summed E-state index contributed by atoms with van der Waals surface area (Å²) in [5.41, 5.74) is 7.25. The van der Waals surface area contributed by atoms with Crippen molar-refractivity contribution in [3.8, 4) is 11.5 Å². The number of para-hydroxylation sites is 1. The summed E-state index contributed by atoms with van der Waals surface area (Å²) in [6, 6.07) is 15.1. The van der Waals surface area contributed by atoms with Crippen LogP contribution < -0.4 is 20.2 Å². The predicted molar refractivity (Wildman–Crippen MR) is 123 cm³/mol. The van der Waals surface area contributed by atoms with E-state index in [2.05, 4.69) is 24.6 Å². The first-order valence-corrected chi connectivity index (χ1v) is 10.6. The van der Waals surface area contributed by atoms with Crippen LogP contribution in [0.25, 0.3) is 0 Å². The van der Waals surface area contributed by atoms with Crippen molar-refractivity contribution in [3.63, 3.8) is 0 Å². The molecule has 1 aliphatic carbocycles. The summed E-state index contributed by atoms with van der Waals surface area (Å²) >= 11 is 0. The summed E-state index contributed by atoms with van der Waals surface area (Å²) in [5.74, 6) is 2.08. The van der Waals surface area contributed by atoms with Crippen LogP contribution in [0.4, 0.5) is 11.4 Å². The fraction of sp³-hybridized carbons (Fsp3) is 0.280. The van der Waals surface area contributed by atoms with Gasteiger partial charge in [-0.3, -0.25) is 10.2 Å². The van der Waals surface area contributed by atoms with Gasteiger partial charge in [-0.15, -0.1) is 0 Å². The van der Waals surface area contributed by atoms with Gasteiger partial charge in [0.1, 0.15) is 5.76 Å². The second-order valence-corrected chi connectivity index (χ2v) is 8.93. The Hall–Kier alpha value is -3.74. The Bertz CT molecular complexity index is 1210. The summed E-state index contributed by atoms with van der Waals surface area (Å²) in [6.45, 7) is 6.45. The molecule has 2 N–H and O–H groups in total. The first kappa shape index (κ1) is 20.2. The van der Waals surface area contributed by atoms with Gasteiger partial charge in [0.05, 0.1) is 11.4 Å².